The maximum Gasteiger partial charge on any atom is 0.262 e. The van der Waals surface area contributed by atoms with Crippen LogP contribution < -0.4 is 20.9 Å². The second-order valence-electron chi connectivity index (χ2n) is 9.67. The quantitative estimate of drug-likeness (QED) is 0.254. The van der Waals surface area contributed by atoms with E-state index in [1.165, 1.54) is 4.31 Å². The molecular formula is C24H39N5O6S. The summed E-state index contributed by atoms with van der Waals surface area (Å²) in [6, 6.07) is 6.04. The average molecular weight is 526 g/mol. The van der Waals surface area contributed by atoms with Crippen molar-refractivity contribution < 1.29 is 28.0 Å². The molecule has 0 radical (unpaired) electrons. The highest BCUT2D eigenvalue weighted by Crippen LogP contribution is 2.22. The van der Waals surface area contributed by atoms with Gasteiger partial charge in [-0.3, -0.25) is 19.7 Å². The molecule has 0 bridgehead atoms. The number of carbonyl (C=O) groups is 2. The fourth-order valence-corrected chi connectivity index (χ4v) is 5.90. The van der Waals surface area contributed by atoms with Crippen molar-refractivity contribution in [2.45, 2.75) is 51.0 Å². The van der Waals surface area contributed by atoms with E-state index in [2.05, 4.69) is 17.6 Å². The lowest BCUT2D eigenvalue weighted by molar-refractivity contribution is -0.135. The smallest absolute Gasteiger partial charge is 0.262 e. The molecule has 2 amide bonds. The van der Waals surface area contributed by atoms with Crippen LogP contribution in [0.4, 0.5) is 0 Å². The molecule has 2 unspecified atom stereocenters. The maximum atomic E-state index is 12.7. The second kappa shape index (κ2) is 12.8. The van der Waals surface area contributed by atoms with Gasteiger partial charge < -0.3 is 15.4 Å². The van der Waals surface area contributed by atoms with Crippen LogP contribution in [-0.2, 0) is 14.8 Å². The van der Waals surface area contributed by atoms with Crippen LogP contribution in [0.15, 0.2) is 24.3 Å². The molecule has 2 atom stereocenters. The zero-order valence-corrected chi connectivity index (χ0v) is 22.1. The Morgan fingerprint density at radius 1 is 1.08 bits per heavy atom. The lowest BCUT2D eigenvalue weighted by Gasteiger charge is -2.38. The molecule has 2 saturated heterocycles. The third kappa shape index (κ3) is 7.16. The predicted molar refractivity (Wildman–Crippen MR) is 135 cm³/mol. The van der Waals surface area contributed by atoms with Gasteiger partial charge in [0, 0.05) is 38.3 Å². The number of ether oxygens (including phenoxy) is 1. The molecule has 2 aliphatic heterocycles. The van der Waals surface area contributed by atoms with Crippen LogP contribution in [0.1, 0.15) is 44.0 Å². The van der Waals surface area contributed by atoms with Gasteiger partial charge >= 0.3 is 0 Å². The molecule has 2 fully saturated rings. The highest BCUT2D eigenvalue weighted by atomic mass is 32.2. The summed E-state index contributed by atoms with van der Waals surface area (Å²) in [6.45, 7) is 8.39. The van der Waals surface area contributed by atoms with Crippen LogP contribution in [-0.4, -0.2) is 97.9 Å². The van der Waals surface area contributed by atoms with E-state index in [0.717, 1.165) is 25.9 Å². The minimum Gasteiger partial charge on any atom is -0.490 e. The van der Waals surface area contributed by atoms with Crippen molar-refractivity contribution in [3.63, 3.8) is 0 Å². The minimum atomic E-state index is -3.38. The first-order valence-corrected chi connectivity index (χ1v) is 14.1. The summed E-state index contributed by atoms with van der Waals surface area (Å²) in [5, 5.41) is 14.8. The summed E-state index contributed by atoms with van der Waals surface area (Å²) in [5.41, 5.74) is 2.08. The lowest BCUT2D eigenvalue weighted by Crippen LogP contribution is -2.59. The zero-order valence-electron chi connectivity index (χ0n) is 21.3. The van der Waals surface area contributed by atoms with E-state index in [-0.39, 0.29) is 31.6 Å². The normalized spacial score (nSPS) is 20.0. The van der Waals surface area contributed by atoms with Gasteiger partial charge in [0.1, 0.15) is 11.8 Å². The van der Waals surface area contributed by atoms with Crippen LogP contribution in [0.3, 0.4) is 0 Å². The van der Waals surface area contributed by atoms with Gasteiger partial charge in [0.05, 0.1) is 11.4 Å². The van der Waals surface area contributed by atoms with Gasteiger partial charge in [-0.15, -0.1) is 0 Å². The van der Waals surface area contributed by atoms with E-state index in [0.29, 0.717) is 30.3 Å². The Morgan fingerprint density at radius 2 is 1.69 bits per heavy atom. The van der Waals surface area contributed by atoms with Crippen LogP contribution in [0.2, 0.25) is 0 Å². The van der Waals surface area contributed by atoms with Crippen LogP contribution in [0, 0.1) is 5.92 Å². The van der Waals surface area contributed by atoms with E-state index in [9.17, 15) is 23.2 Å². The fraction of sp³-hybridized carbons (Fsp3) is 0.667. The third-order valence-electron chi connectivity index (χ3n) is 7.02. The van der Waals surface area contributed by atoms with E-state index in [1.807, 2.05) is 0 Å². The molecule has 11 nitrogen and oxygen atoms in total. The zero-order chi connectivity index (χ0) is 26.3. The first-order chi connectivity index (χ1) is 17.1. The summed E-state index contributed by atoms with van der Waals surface area (Å²) in [7, 11) is -3.38. The number of piperidine rings is 1. The van der Waals surface area contributed by atoms with Crippen molar-refractivity contribution in [1.82, 2.24) is 25.3 Å². The van der Waals surface area contributed by atoms with Crippen LogP contribution in [0.5, 0.6) is 5.75 Å². The molecule has 0 saturated carbocycles. The van der Waals surface area contributed by atoms with Crippen LogP contribution in [0.25, 0.3) is 0 Å². The third-order valence-corrected chi connectivity index (χ3v) is 9.30. The summed E-state index contributed by atoms with van der Waals surface area (Å²) in [6.07, 6.45) is 2.24. The van der Waals surface area contributed by atoms with E-state index >= 15 is 0 Å². The van der Waals surface area contributed by atoms with E-state index in [1.54, 1.807) is 48.5 Å². The number of hydroxylamine groups is 1. The van der Waals surface area contributed by atoms with Crippen molar-refractivity contribution in [3.05, 3.63) is 29.8 Å². The number of nitrogens with zero attached hydrogens (tertiary/aromatic N) is 2. The second-order valence-corrected chi connectivity index (χ2v) is 12.2. The number of piperazine rings is 1. The molecule has 1 aromatic carbocycles. The van der Waals surface area contributed by atoms with Crippen molar-refractivity contribution >= 4 is 21.8 Å². The van der Waals surface area contributed by atoms with E-state index < -0.39 is 27.2 Å². The summed E-state index contributed by atoms with van der Waals surface area (Å²) in [4.78, 5) is 26.8. The molecule has 2 heterocycles. The van der Waals surface area contributed by atoms with Gasteiger partial charge in [-0.2, -0.15) is 4.31 Å². The number of benzene rings is 1. The number of nitrogens with one attached hydrogen (secondary N) is 3. The first-order valence-electron chi connectivity index (χ1n) is 12.6. The Balaban J connectivity index is 1.54. The van der Waals surface area contributed by atoms with Gasteiger partial charge in [0.15, 0.2) is 0 Å². The number of hydrogen-bond donors (Lipinski definition) is 4. The SMILES string of the molecule is CC(Oc1ccc(C(=O)NCC(C(=O)NO)N2CCN(S(=O)(=O)C(C)C)CC2)cc1)C1CCNCC1. The maximum absolute atomic E-state index is 12.7. The van der Waals surface area contributed by atoms with Gasteiger partial charge in [-0.05, 0) is 76.9 Å². The topological polar surface area (TPSA) is 140 Å². The van der Waals surface area contributed by atoms with Crippen molar-refractivity contribution in [2.24, 2.45) is 5.92 Å². The Bertz CT molecular complexity index is 973. The van der Waals surface area contributed by atoms with Crippen molar-refractivity contribution in [2.75, 3.05) is 45.8 Å². The number of sulfonamides is 1. The molecule has 2 aliphatic rings. The number of amides is 2. The Hall–Kier alpha value is -2.25. The van der Waals surface area contributed by atoms with Gasteiger partial charge in [-0.25, -0.2) is 13.9 Å². The molecule has 12 heteroatoms. The van der Waals surface area contributed by atoms with Gasteiger partial charge in [-0.1, -0.05) is 0 Å². The fourth-order valence-electron chi connectivity index (χ4n) is 4.63. The molecule has 202 valence electrons. The molecule has 1 aromatic rings. The van der Waals surface area contributed by atoms with Crippen molar-refractivity contribution in [1.29, 1.82) is 0 Å². The Kier molecular flexibility index (Phi) is 10.1. The number of rotatable bonds is 10. The minimum absolute atomic E-state index is 0.0346. The molecule has 0 aliphatic carbocycles. The summed E-state index contributed by atoms with van der Waals surface area (Å²) in [5.74, 6) is 0.177. The average Bonchev–Trinajstić information content (AvgIpc) is 2.89. The molecule has 4 N–H and O–H groups in total. The van der Waals surface area contributed by atoms with Crippen LogP contribution >= 0.6 is 0 Å². The highest BCUT2D eigenvalue weighted by Gasteiger charge is 2.34. The monoisotopic (exact) mass is 525 g/mol. The first kappa shape index (κ1) is 28.3. The Morgan fingerprint density at radius 3 is 2.25 bits per heavy atom. The van der Waals surface area contributed by atoms with E-state index in [4.69, 9.17) is 4.74 Å². The molecule has 3 rings (SSSR count). The van der Waals surface area contributed by atoms with Gasteiger partial charge in [0.2, 0.25) is 10.0 Å². The van der Waals surface area contributed by atoms with Gasteiger partial charge in [0.25, 0.3) is 11.8 Å². The summed E-state index contributed by atoms with van der Waals surface area (Å²) < 4.78 is 32.3. The highest BCUT2D eigenvalue weighted by molar-refractivity contribution is 7.89. The summed E-state index contributed by atoms with van der Waals surface area (Å²) >= 11 is 0. The molecule has 0 spiro atoms. The number of carbonyl (C=O) groups excluding carboxylic acids is 2. The van der Waals surface area contributed by atoms with Crippen molar-refractivity contribution in [3.8, 4) is 5.75 Å². The Labute approximate surface area is 213 Å². The number of hydrogen-bond acceptors (Lipinski definition) is 8. The predicted octanol–water partition coefficient (Wildman–Crippen LogP) is 0.413. The molecule has 36 heavy (non-hydrogen) atoms. The molecular weight excluding hydrogens is 486 g/mol. The standard InChI is InChI=1S/C24H39N5O6S/c1-17(2)36(33,34)29-14-12-28(13-15-29)22(24(31)27-32)16-26-23(30)20-4-6-21(7-5-20)35-18(3)19-8-10-25-11-9-19/h4-7,17-19,22,25,32H,8-16H2,1-3H3,(H,26,30)(H,27,31). The lowest BCUT2D eigenvalue weighted by atomic mass is 9.93. The molecule has 0 aromatic heterocycles. The largest absolute Gasteiger partial charge is 0.490 e.